The van der Waals surface area contributed by atoms with E-state index in [0.29, 0.717) is 43.9 Å². The number of ether oxygens (including phenoxy) is 2. The van der Waals surface area contributed by atoms with Crippen LogP contribution in [-0.2, 0) is 20.4 Å². The van der Waals surface area contributed by atoms with E-state index in [2.05, 4.69) is 59.7 Å². The van der Waals surface area contributed by atoms with Crippen LogP contribution in [0.3, 0.4) is 0 Å². The van der Waals surface area contributed by atoms with Gasteiger partial charge >= 0.3 is 6.09 Å². The Bertz CT molecular complexity index is 1730. The molecule has 9 nitrogen and oxygen atoms in total. The molecule has 0 radical (unpaired) electrons. The van der Waals surface area contributed by atoms with E-state index in [9.17, 15) is 9.59 Å². The Morgan fingerprint density at radius 3 is 2.25 bits per heavy atom. The summed E-state index contributed by atoms with van der Waals surface area (Å²) < 4.78 is 17.3. The van der Waals surface area contributed by atoms with Gasteiger partial charge < -0.3 is 18.8 Å². The number of aromatic nitrogens is 2. The third kappa shape index (κ3) is 7.14. The van der Waals surface area contributed by atoms with Crippen molar-refractivity contribution in [2.24, 2.45) is 16.7 Å². The third-order valence-electron chi connectivity index (χ3n) is 12.4. The van der Waals surface area contributed by atoms with Gasteiger partial charge in [0.15, 0.2) is 5.89 Å². The quantitative estimate of drug-likeness (QED) is 0.232. The minimum absolute atomic E-state index is 0.0433. The van der Waals surface area contributed by atoms with E-state index in [1.165, 1.54) is 11.1 Å². The summed E-state index contributed by atoms with van der Waals surface area (Å²) in [5.74, 6) is 2.28. The molecule has 5 fully saturated rings. The smallest absolute Gasteiger partial charge is 0.410 e. The summed E-state index contributed by atoms with van der Waals surface area (Å²) in [6, 6.07) is 10.7. The Labute approximate surface area is 303 Å². The highest BCUT2D eigenvalue weighted by molar-refractivity contribution is 5.95. The van der Waals surface area contributed by atoms with Crippen molar-refractivity contribution in [1.29, 1.82) is 0 Å². The molecule has 0 N–H and O–H groups in total. The van der Waals surface area contributed by atoms with Crippen molar-refractivity contribution in [3.8, 4) is 17.0 Å². The highest BCUT2D eigenvalue weighted by Gasteiger charge is 2.51. The molecule has 8 rings (SSSR count). The summed E-state index contributed by atoms with van der Waals surface area (Å²) in [6.07, 6.45) is 12.5. The third-order valence-corrected chi connectivity index (χ3v) is 12.4. The van der Waals surface area contributed by atoms with Crippen LogP contribution in [0.25, 0.3) is 11.3 Å². The first-order valence-corrected chi connectivity index (χ1v) is 19.0. The van der Waals surface area contributed by atoms with E-state index in [-0.39, 0.29) is 45.7 Å². The second-order valence-corrected chi connectivity index (χ2v) is 18.0. The molecule has 3 heterocycles. The predicted molar refractivity (Wildman–Crippen MR) is 198 cm³/mol. The van der Waals surface area contributed by atoms with E-state index in [4.69, 9.17) is 23.9 Å². The number of pyridine rings is 1. The lowest BCUT2D eigenvalue weighted by atomic mass is 9.51. The number of hydrogen-bond donors (Lipinski definition) is 0. The molecule has 2 bridgehead atoms. The maximum absolute atomic E-state index is 14.7. The van der Waals surface area contributed by atoms with E-state index >= 15 is 0 Å². The Balaban J connectivity index is 1.10. The lowest BCUT2D eigenvalue weighted by Crippen LogP contribution is -2.56. The van der Waals surface area contributed by atoms with Gasteiger partial charge in [-0.05, 0) is 111 Å². The highest BCUT2D eigenvalue weighted by Crippen LogP contribution is 2.58. The van der Waals surface area contributed by atoms with Crippen LogP contribution in [0.2, 0.25) is 0 Å². The molecule has 0 atom stereocenters. The van der Waals surface area contributed by atoms with Gasteiger partial charge in [-0.1, -0.05) is 46.8 Å². The number of fused-ring (bicyclic) bond motifs is 3. The molecule has 1 saturated heterocycles. The molecular weight excluding hydrogens is 640 g/mol. The Hall–Kier alpha value is -3.88. The lowest BCUT2D eigenvalue weighted by Gasteiger charge is -2.55. The summed E-state index contributed by atoms with van der Waals surface area (Å²) in [5, 5.41) is 0. The average molecular weight is 697 g/mol. The molecule has 1 aromatic carbocycles. The van der Waals surface area contributed by atoms with Gasteiger partial charge in [0.25, 0.3) is 0 Å². The van der Waals surface area contributed by atoms with Crippen LogP contribution in [0.4, 0.5) is 10.6 Å². The van der Waals surface area contributed by atoms with Crippen molar-refractivity contribution in [1.82, 2.24) is 14.9 Å². The fraction of sp³-hybridized carbons (Fsp3) is 0.619. The van der Waals surface area contributed by atoms with Gasteiger partial charge in [0.1, 0.15) is 29.6 Å². The Morgan fingerprint density at radius 1 is 0.980 bits per heavy atom. The normalized spacial score (nSPS) is 27.1. The average Bonchev–Trinajstić information content (AvgIpc) is 3.62. The number of carbonyl (C=O) groups is 2. The number of benzene rings is 1. The first kappa shape index (κ1) is 35.5. The van der Waals surface area contributed by atoms with Crippen LogP contribution in [0.5, 0.6) is 5.75 Å². The number of oxazole rings is 1. The van der Waals surface area contributed by atoms with Gasteiger partial charge in [-0.15, -0.1) is 0 Å². The molecule has 0 unspecified atom stereocenters. The van der Waals surface area contributed by atoms with Crippen molar-refractivity contribution in [3.63, 3.8) is 0 Å². The molecule has 5 aliphatic rings. The number of anilines is 1. The number of hydrogen-bond acceptors (Lipinski definition) is 7. The van der Waals surface area contributed by atoms with Crippen molar-refractivity contribution in [3.05, 3.63) is 59.8 Å². The van der Waals surface area contributed by atoms with E-state index in [0.717, 1.165) is 68.6 Å². The number of carbonyl (C=O) groups excluding carboxylic acids is 2. The second-order valence-electron chi connectivity index (χ2n) is 18.0. The van der Waals surface area contributed by atoms with E-state index in [1.54, 1.807) is 24.5 Å². The number of methoxy groups -OCH3 is 1. The monoisotopic (exact) mass is 696 g/mol. The van der Waals surface area contributed by atoms with Gasteiger partial charge in [0.05, 0.1) is 7.11 Å². The van der Waals surface area contributed by atoms with Gasteiger partial charge in [0, 0.05) is 48.1 Å². The van der Waals surface area contributed by atoms with Gasteiger partial charge in [0.2, 0.25) is 5.91 Å². The van der Waals surface area contributed by atoms with Crippen molar-refractivity contribution in [2.75, 3.05) is 31.6 Å². The van der Waals surface area contributed by atoms with Gasteiger partial charge in [-0.2, -0.15) is 0 Å². The zero-order valence-corrected chi connectivity index (χ0v) is 31.7. The van der Waals surface area contributed by atoms with Gasteiger partial charge in [-0.25, -0.2) is 14.8 Å². The summed E-state index contributed by atoms with van der Waals surface area (Å²) in [5.41, 5.74) is 4.42. The molecule has 3 aromatic rings. The maximum Gasteiger partial charge on any atom is 0.410 e. The topological polar surface area (TPSA) is 98.0 Å². The molecule has 4 saturated carbocycles. The molecule has 274 valence electrons. The van der Waals surface area contributed by atoms with Gasteiger partial charge in [-0.3, -0.25) is 9.69 Å². The molecule has 2 amide bonds. The van der Waals surface area contributed by atoms with Crippen LogP contribution in [-0.4, -0.2) is 59.7 Å². The number of aryl methyl sites for hydroxylation is 1. The van der Waals surface area contributed by atoms with Crippen LogP contribution in [0, 0.1) is 23.7 Å². The lowest BCUT2D eigenvalue weighted by molar-refractivity contribution is -0.124. The van der Waals surface area contributed by atoms with Crippen LogP contribution < -0.4 is 9.64 Å². The number of likely N-dealkylation sites (tertiary alicyclic amines) is 1. The number of nitrogens with zero attached hydrogens (tertiary/aromatic N) is 4. The van der Waals surface area contributed by atoms with Crippen molar-refractivity contribution < 1.29 is 23.5 Å². The zero-order chi connectivity index (χ0) is 36.2. The molecule has 4 aliphatic carbocycles. The predicted octanol–water partition coefficient (Wildman–Crippen LogP) is 9.01. The second kappa shape index (κ2) is 13.3. The van der Waals surface area contributed by atoms with Crippen LogP contribution in [0.1, 0.15) is 116 Å². The Kier molecular flexibility index (Phi) is 9.24. The summed E-state index contributed by atoms with van der Waals surface area (Å²) in [7, 11) is 1.73. The molecule has 9 heteroatoms. The minimum Gasteiger partial charge on any atom is -0.496 e. The van der Waals surface area contributed by atoms with Crippen LogP contribution >= 0.6 is 0 Å². The summed E-state index contributed by atoms with van der Waals surface area (Å²) in [4.78, 5) is 40.9. The largest absolute Gasteiger partial charge is 0.496 e. The SMILES string of the molecule is COc1ccc(C23CCC(CN(c4cc(-c5coc(C(C)(C)C)n5)ccn4)C(=O)[C@H]4CC[C@H](OC(=O)N5CC(C)(C)C5)CC4)(CC2)CC3)cc1C. The first-order chi connectivity index (χ1) is 24.2. The fourth-order valence-electron chi connectivity index (χ4n) is 9.21. The first-order valence-electron chi connectivity index (χ1n) is 19.0. The molecule has 0 spiro atoms. The van der Waals surface area contributed by atoms with Crippen LogP contribution in [0.15, 0.2) is 47.2 Å². The summed E-state index contributed by atoms with van der Waals surface area (Å²) in [6.45, 7) is 14.8. The molecule has 2 aromatic heterocycles. The Morgan fingerprint density at radius 2 is 1.67 bits per heavy atom. The molecular formula is C42H56N4O5. The number of rotatable bonds is 8. The summed E-state index contributed by atoms with van der Waals surface area (Å²) >= 11 is 0. The maximum atomic E-state index is 14.7. The minimum atomic E-state index is -0.219. The van der Waals surface area contributed by atoms with Crippen molar-refractivity contribution in [2.45, 2.75) is 123 Å². The zero-order valence-electron chi connectivity index (χ0n) is 31.7. The molecule has 1 aliphatic heterocycles. The van der Waals surface area contributed by atoms with E-state index in [1.807, 2.05) is 17.0 Å². The van der Waals surface area contributed by atoms with Crippen molar-refractivity contribution >= 4 is 17.8 Å². The highest BCUT2D eigenvalue weighted by atomic mass is 16.6. The molecule has 51 heavy (non-hydrogen) atoms. The number of amides is 2. The standard InChI is InChI=1S/C42H56N4O5/c1-28-22-31(10-13-34(28)49-7)42-18-15-41(16-19-42,17-20-42)27-46(35-23-30(14-21-43-35)33-24-50-37(44-33)39(2,3)4)36(47)29-8-11-32(12-9-29)51-38(48)45-25-40(5,6)26-45/h10,13-14,21-24,29,32H,8-9,11-12,15-20,25-27H2,1-7H3/t29-,32-,41?,42?. The fourth-order valence-corrected chi connectivity index (χ4v) is 9.21. The van der Waals surface area contributed by atoms with E-state index < -0.39 is 0 Å².